The van der Waals surface area contributed by atoms with Crippen molar-refractivity contribution in [3.05, 3.63) is 71.6 Å². The molecule has 0 amide bonds. The van der Waals surface area contributed by atoms with Crippen molar-refractivity contribution in [1.82, 2.24) is 0 Å². The zero-order chi connectivity index (χ0) is 14.4. The number of aliphatic carboxylic acids is 1. The number of ether oxygens (including phenoxy) is 1. The van der Waals surface area contributed by atoms with Crippen LogP contribution in [0, 0.1) is 5.82 Å². The van der Waals surface area contributed by atoms with Crippen molar-refractivity contribution in [3.8, 4) is 5.75 Å². The van der Waals surface area contributed by atoms with Gasteiger partial charge in [0.1, 0.15) is 18.2 Å². The highest BCUT2D eigenvalue weighted by Gasteiger charge is 2.02. The molecule has 0 aliphatic heterocycles. The van der Waals surface area contributed by atoms with Crippen molar-refractivity contribution < 1.29 is 19.0 Å². The lowest BCUT2D eigenvalue weighted by Gasteiger charge is -2.07. The number of carboxylic acid groups (broad SMARTS) is 1. The summed E-state index contributed by atoms with van der Waals surface area (Å²) in [6, 6.07) is 13.3. The van der Waals surface area contributed by atoms with Crippen LogP contribution in [-0.2, 0) is 11.4 Å². The summed E-state index contributed by atoms with van der Waals surface area (Å²) in [6.07, 6.45) is 2.52. The van der Waals surface area contributed by atoms with Crippen molar-refractivity contribution in [2.45, 2.75) is 6.61 Å². The van der Waals surface area contributed by atoms with Gasteiger partial charge in [-0.1, -0.05) is 30.3 Å². The normalized spacial score (nSPS) is 10.7. The van der Waals surface area contributed by atoms with Crippen LogP contribution >= 0.6 is 0 Å². The van der Waals surface area contributed by atoms with Crippen molar-refractivity contribution >= 4 is 12.0 Å². The minimum atomic E-state index is -1.01. The van der Waals surface area contributed by atoms with Gasteiger partial charge in [-0.25, -0.2) is 9.18 Å². The summed E-state index contributed by atoms with van der Waals surface area (Å²) < 4.78 is 18.9. The molecule has 20 heavy (non-hydrogen) atoms. The molecule has 1 N–H and O–H groups in total. The number of carboxylic acids is 1. The molecule has 0 aromatic heterocycles. The molecule has 0 spiro atoms. The smallest absolute Gasteiger partial charge is 0.328 e. The average Bonchev–Trinajstić information content (AvgIpc) is 2.45. The molecule has 0 saturated heterocycles. The molecule has 2 rings (SSSR count). The van der Waals surface area contributed by atoms with Crippen LogP contribution in [0.1, 0.15) is 11.1 Å². The third kappa shape index (κ3) is 3.95. The van der Waals surface area contributed by atoms with Gasteiger partial charge in [-0.15, -0.1) is 0 Å². The second kappa shape index (κ2) is 6.52. The first-order valence-electron chi connectivity index (χ1n) is 6.02. The number of hydrogen-bond donors (Lipinski definition) is 1. The van der Waals surface area contributed by atoms with Crippen LogP contribution < -0.4 is 4.74 Å². The highest BCUT2D eigenvalue weighted by molar-refractivity contribution is 5.85. The monoisotopic (exact) mass is 272 g/mol. The molecule has 0 aliphatic carbocycles. The van der Waals surface area contributed by atoms with Gasteiger partial charge in [0.15, 0.2) is 0 Å². The number of carbonyl (C=O) groups is 1. The summed E-state index contributed by atoms with van der Waals surface area (Å²) in [5, 5.41) is 8.57. The molecule has 0 radical (unpaired) electrons. The summed E-state index contributed by atoms with van der Waals surface area (Å²) >= 11 is 0. The molecule has 0 fully saturated rings. The van der Waals surface area contributed by atoms with Gasteiger partial charge in [0.2, 0.25) is 0 Å². The van der Waals surface area contributed by atoms with Gasteiger partial charge in [0, 0.05) is 11.6 Å². The predicted octanol–water partition coefficient (Wildman–Crippen LogP) is 3.50. The fourth-order valence-corrected chi connectivity index (χ4v) is 1.65. The van der Waals surface area contributed by atoms with E-state index in [0.29, 0.717) is 16.9 Å². The molecule has 4 heteroatoms. The Labute approximate surface area is 115 Å². The Morgan fingerprint density at radius 1 is 1.20 bits per heavy atom. The minimum Gasteiger partial charge on any atom is -0.489 e. The van der Waals surface area contributed by atoms with Gasteiger partial charge in [0.05, 0.1) is 0 Å². The van der Waals surface area contributed by atoms with E-state index in [9.17, 15) is 9.18 Å². The minimum absolute atomic E-state index is 0.124. The summed E-state index contributed by atoms with van der Waals surface area (Å²) in [5.74, 6) is -0.766. The van der Waals surface area contributed by atoms with Gasteiger partial charge in [0.25, 0.3) is 0 Å². The Kier molecular flexibility index (Phi) is 4.50. The topological polar surface area (TPSA) is 46.5 Å². The molecule has 3 nitrogen and oxygen atoms in total. The van der Waals surface area contributed by atoms with E-state index in [1.807, 2.05) is 0 Å². The SMILES string of the molecule is O=C(O)/C=C/c1cccc(OCc2ccccc2F)c1. The number of hydrogen-bond acceptors (Lipinski definition) is 2. The Bertz CT molecular complexity index is 635. The average molecular weight is 272 g/mol. The van der Waals surface area contributed by atoms with Gasteiger partial charge in [-0.05, 0) is 29.8 Å². The highest BCUT2D eigenvalue weighted by atomic mass is 19.1. The van der Waals surface area contributed by atoms with Crippen LogP contribution in [-0.4, -0.2) is 11.1 Å². The molecule has 0 unspecified atom stereocenters. The highest BCUT2D eigenvalue weighted by Crippen LogP contribution is 2.17. The van der Waals surface area contributed by atoms with Gasteiger partial charge >= 0.3 is 5.97 Å². The Morgan fingerprint density at radius 3 is 2.75 bits per heavy atom. The fraction of sp³-hybridized carbons (Fsp3) is 0.0625. The van der Waals surface area contributed by atoms with Crippen LogP contribution in [0.25, 0.3) is 6.08 Å². The molecule has 2 aromatic carbocycles. The Balaban J connectivity index is 2.05. The van der Waals surface area contributed by atoms with Crippen LogP contribution in [0.5, 0.6) is 5.75 Å². The summed E-state index contributed by atoms with van der Waals surface area (Å²) in [5.41, 5.74) is 1.18. The summed E-state index contributed by atoms with van der Waals surface area (Å²) in [6.45, 7) is 0.124. The molecule has 0 atom stereocenters. The van der Waals surface area contributed by atoms with Crippen molar-refractivity contribution in [1.29, 1.82) is 0 Å². The van der Waals surface area contributed by atoms with E-state index in [-0.39, 0.29) is 12.4 Å². The van der Waals surface area contributed by atoms with E-state index in [1.165, 1.54) is 12.1 Å². The van der Waals surface area contributed by atoms with Crippen molar-refractivity contribution in [3.63, 3.8) is 0 Å². The van der Waals surface area contributed by atoms with Crippen LogP contribution in [0.2, 0.25) is 0 Å². The maximum atomic E-state index is 13.4. The molecule has 0 heterocycles. The maximum absolute atomic E-state index is 13.4. The summed E-state index contributed by atoms with van der Waals surface area (Å²) in [7, 11) is 0. The fourth-order valence-electron chi connectivity index (χ4n) is 1.65. The first kappa shape index (κ1) is 13.8. The number of benzene rings is 2. The number of halogens is 1. The quantitative estimate of drug-likeness (QED) is 0.847. The first-order chi connectivity index (χ1) is 9.65. The standard InChI is InChI=1S/C16H13FO3/c17-15-7-2-1-5-13(15)11-20-14-6-3-4-12(10-14)8-9-16(18)19/h1-10H,11H2,(H,18,19)/b9-8+. The predicted molar refractivity (Wildman–Crippen MR) is 73.8 cm³/mol. The van der Waals surface area contributed by atoms with Crippen LogP contribution in [0.4, 0.5) is 4.39 Å². The number of rotatable bonds is 5. The van der Waals surface area contributed by atoms with Crippen LogP contribution in [0.15, 0.2) is 54.6 Å². The lowest BCUT2D eigenvalue weighted by atomic mass is 10.2. The lowest BCUT2D eigenvalue weighted by molar-refractivity contribution is -0.131. The zero-order valence-corrected chi connectivity index (χ0v) is 10.6. The van der Waals surface area contributed by atoms with E-state index in [4.69, 9.17) is 9.84 Å². The molecule has 0 saturated carbocycles. The molecular weight excluding hydrogens is 259 g/mol. The van der Waals surface area contributed by atoms with E-state index in [0.717, 1.165) is 6.08 Å². The van der Waals surface area contributed by atoms with E-state index in [2.05, 4.69) is 0 Å². The van der Waals surface area contributed by atoms with Crippen LogP contribution in [0.3, 0.4) is 0 Å². The second-order valence-electron chi connectivity index (χ2n) is 4.12. The largest absolute Gasteiger partial charge is 0.489 e. The third-order valence-corrected chi connectivity index (χ3v) is 2.63. The Morgan fingerprint density at radius 2 is 2.00 bits per heavy atom. The molecule has 2 aromatic rings. The van der Waals surface area contributed by atoms with Crippen molar-refractivity contribution in [2.24, 2.45) is 0 Å². The molecule has 102 valence electrons. The lowest BCUT2D eigenvalue weighted by Crippen LogP contribution is -1.98. The van der Waals surface area contributed by atoms with E-state index in [1.54, 1.807) is 42.5 Å². The third-order valence-electron chi connectivity index (χ3n) is 2.63. The van der Waals surface area contributed by atoms with Gasteiger partial charge in [-0.2, -0.15) is 0 Å². The van der Waals surface area contributed by atoms with Gasteiger partial charge in [-0.3, -0.25) is 0 Å². The molecule has 0 bridgehead atoms. The van der Waals surface area contributed by atoms with E-state index >= 15 is 0 Å². The summed E-state index contributed by atoms with van der Waals surface area (Å²) in [4.78, 5) is 10.4. The molecule has 0 aliphatic rings. The maximum Gasteiger partial charge on any atom is 0.328 e. The van der Waals surface area contributed by atoms with Crippen molar-refractivity contribution in [2.75, 3.05) is 0 Å². The zero-order valence-electron chi connectivity index (χ0n) is 10.6. The van der Waals surface area contributed by atoms with Gasteiger partial charge < -0.3 is 9.84 Å². The second-order valence-corrected chi connectivity index (χ2v) is 4.12. The molecular formula is C16H13FO3. The first-order valence-corrected chi connectivity index (χ1v) is 6.02. The Hall–Kier alpha value is -2.62. The van der Waals surface area contributed by atoms with E-state index < -0.39 is 5.97 Å².